The summed E-state index contributed by atoms with van der Waals surface area (Å²) in [7, 11) is 0. The minimum Gasteiger partial charge on any atom is -0.370 e. The van der Waals surface area contributed by atoms with Gasteiger partial charge in [-0.3, -0.25) is 9.88 Å². The number of fused-ring (bicyclic) bond motifs is 3. The second-order valence-corrected chi connectivity index (χ2v) is 4.98. The molecule has 1 aromatic heterocycles. The van der Waals surface area contributed by atoms with Crippen molar-refractivity contribution in [2.24, 2.45) is 10.7 Å². The number of aromatic nitrogens is 2. The highest BCUT2D eigenvalue weighted by molar-refractivity contribution is 5.92. The Morgan fingerprint density at radius 1 is 1.21 bits per heavy atom. The van der Waals surface area contributed by atoms with Gasteiger partial charge in [0.1, 0.15) is 0 Å². The van der Waals surface area contributed by atoms with Gasteiger partial charge in [-0.25, -0.2) is 9.98 Å². The Hall–Kier alpha value is -2.30. The number of benzene rings is 1. The van der Waals surface area contributed by atoms with E-state index in [9.17, 15) is 0 Å². The lowest BCUT2D eigenvalue weighted by atomic mass is 10.1. The first-order valence-electron chi connectivity index (χ1n) is 6.58. The van der Waals surface area contributed by atoms with Crippen LogP contribution in [0.25, 0.3) is 0 Å². The van der Waals surface area contributed by atoms with E-state index < -0.39 is 0 Å². The third-order valence-electron chi connectivity index (χ3n) is 3.76. The highest BCUT2D eigenvalue weighted by Gasteiger charge is 2.29. The lowest BCUT2D eigenvalue weighted by Gasteiger charge is -2.24. The summed E-state index contributed by atoms with van der Waals surface area (Å²) < 4.78 is 2.19. The van der Waals surface area contributed by atoms with Gasteiger partial charge in [-0.05, 0) is 24.8 Å². The molecule has 0 radical (unpaired) electrons. The van der Waals surface area contributed by atoms with Crippen molar-refractivity contribution in [2.75, 3.05) is 5.32 Å². The van der Waals surface area contributed by atoms with E-state index in [1.807, 2.05) is 18.2 Å². The summed E-state index contributed by atoms with van der Waals surface area (Å²) in [5.74, 6) is 1.26. The summed E-state index contributed by atoms with van der Waals surface area (Å²) in [4.78, 5) is 9.20. The molecule has 1 aliphatic heterocycles. The number of nitrogens with one attached hydrogen (secondary N) is 1. The van der Waals surface area contributed by atoms with Gasteiger partial charge in [-0.1, -0.05) is 30.3 Å². The van der Waals surface area contributed by atoms with Crippen LogP contribution in [0.3, 0.4) is 0 Å². The zero-order valence-electron chi connectivity index (χ0n) is 10.5. The van der Waals surface area contributed by atoms with Gasteiger partial charge in [0, 0.05) is 5.69 Å². The maximum Gasteiger partial charge on any atom is 0.212 e. The number of hydrogen-bond donors (Lipinski definition) is 2. The Morgan fingerprint density at radius 2 is 2.05 bits per heavy atom. The van der Waals surface area contributed by atoms with Gasteiger partial charge in [0.2, 0.25) is 5.95 Å². The first-order chi connectivity index (χ1) is 9.33. The normalized spacial score (nSPS) is 20.4. The van der Waals surface area contributed by atoms with Gasteiger partial charge < -0.3 is 5.73 Å². The standard InChI is InChI=1S/C14H15N5/c15-13-17-12(9-5-2-1-3-6-9)19-11-8-4-7-10(11)16-14(19)18-13/h1-3,5-6,12H,4,7-8H2,(H3,15,16,17,18)/t12-/m1/s1. The monoisotopic (exact) mass is 253 g/mol. The topological polar surface area (TPSA) is 68.2 Å². The number of aliphatic imine (C=N–C) groups is 1. The maximum atomic E-state index is 5.88. The molecule has 1 atom stereocenters. The number of aryl methyl sites for hydroxylation is 1. The lowest BCUT2D eigenvalue weighted by Crippen LogP contribution is -2.32. The Balaban J connectivity index is 1.90. The molecular formula is C14H15N5. The summed E-state index contributed by atoms with van der Waals surface area (Å²) in [6, 6.07) is 10.2. The molecule has 3 N–H and O–H groups in total. The molecule has 2 aromatic rings. The number of guanidine groups is 1. The molecule has 1 aromatic carbocycles. The van der Waals surface area contributed by atoms with Crippen molar-refractivity contribution in [1.82, 2.24) is 9.55 Å². The number of rotatable bonds is 1. The summed E-state index contributed by atoms with van der Waals surface area (Å²) in [5, 5.41) is 3.07. The molecule has 2 heterocycles. The van der Waals surface area contributed by atoms with E-state index in [2.05, 4.69) is 32.0 Å². The smallest absolute Gasteiger partial charge is 0.212 e. The van der Waals surface area contributed by atoms with Gasteiger partial charge in [0.15, 0.2) is 12.1 Å². The number of nitrogens with zero attached hydrogens (tertiary/aromatic N) is 3. The third-order valence-corrected chi connectivity index (χ3v) is 3.76. The van der Waals surface area contributed by atoms with Crippen molar-refractivity contribution >= 4 is 11.9 Å². The molecule has 2 aliphatic rings. The summed E-state index contributed by atoms with van der Waals surface area (Å²) in [5.41, 5.74) is 9.51. The van der Waals surface area contributed by atoms with Gasteiger partial charge in [0.25, 0.3) is 0 Å². The minimum absolute atomic E-state index is 0.0909. The molecular weight excluding hydrogens is 238 g/mol. The molecule has 0 unspecified atom stereocenters. The quantitative estimate of drug-likeness (QED) is 0.812. The van der Waals surface area contributed by atoms with E-state index in [1.54, 1.807) is 0 Å². The summed E-state index contributed by atoms with van der Waals surface area (Å²) in [6.45, 7) is 0. The van der Waals surface area contributed by atoms with Crippen molar-refractivity contribution < 1.29 is 0 Å². The van der Waals surface area contributed by atoms with Crippen LogP contribution in [0, 0.1) is 0 Å². The fourth-order valence-corrected chi connectivity index (χ4v) is 2.94. The molecule has 5 nitrogen and oxygen atoms in total. The fourth-order valence-electron chi connectivity index (χ4n) is 2.94. The van der Waals surface area contributed by atoms with Crippen molar-refractivity contribution in [3.63, 3.8) is 0 Å². The Morgan fingerprint density at radius 3 is 2.89 bits per heavy atom. The average molecular weight is 253 g/mol. The second-order valence-electron chi connectivity index (χ2n) is 4.98. The Labute approximate surface area is 111 Å². The van der Waals surface area contributed by atoms with Crippen molar-refractivity contribution in [1.29, 1.82) is 0 Å². The van der Waals surface area contributed by atoms with E-state index in [0.717, 1.165) is 24.4 Å². The van der Waals surface area contributed by atoms with Crippen LogP contribution in [-0.2, 0) is 12.8 Å². The number of nitrogens with two attached hydrogens (primary N) is 1. The molecule has 0 fully saturated rings. The molecule has 0 spiro atoms. The predicted octanol–water partition coefficient (Wildman–Crippen LogP) is 1.66. The highest BCUT2D eigenvalue weighted by Crippen LogP contribution is 2.34. The molecule has 19 heavy (non-hydrogen) atoms. The Kier molecular flexibility index (Phi) is 2.15. The van der Waals surface area contributed by atoms with Crippen LogP contribution in [0.5, 0.6) is 0 Å². The largest absolute Gasteiger partial charge is 0.370 e. The zero-order valence-corrected chi connectivity index (χ0v) is 10.5. The Bertz CT molecular complexity index is 656. The van der Waals surface area contributed by atoms with E-state index in [0.29, 0.717) is 5.96 Å². The van der Waals surface area contributed by atoms with Gasteiger partial charge in [-0.15, -0.1) is 0 Å². The van der Waals surface area contributed by atoms with Crippen molar-refractivity contribution in [3.05, 3.63) is 47.3 Å². The van der Waals surface area contributed by atoms with Crippen LogP contribution in [0.1, 0.15) is 29.5 Å². The van der Waals surface area contributed by atoms with E-state index in [4.69, 9.17) is 5.73 Å². The molecule has 1 aliphatic carbocycles. The van der Waals surface area contributed by atoms with Gasteiger partial charge in [-0.2, -0.15) is 0 Å². The average Bonchev–Trinajstić information content (AvgIpc) is 2.98. The van der Waals surface area contributed by atoms with Gasteiger partial charge in [0.05, 0.1) is 5.69 Å². The van der Waals surface area contributed by atoms with Crippen LogP contribution < -0.4 is 11.1 Å². The molecule has 0 saturated carbocycles. The lowest BCUT2D eigenvalue weighted by molar-refractivity contribution is 0.584. The molecule has 4 rings (SSSR count). The first kappa shape index (κ1) is 10.6. The molecule has 0 bridgehead atoms. The predicted molar refractivity (Wildman–Crippen MR) is 74.1 cm³/mol. The van der Waals surface area contributed by atoms with Crippen molar-refractivity contribution in [3.8, 4) is 0 Å². The third kappa shape index (κ3) is 1.54. The molecule has 0 amide bonds. The van der Waals surface area contributed by atoms with Crippen LogP contribution >= 0.6 is 0 Å². The number of hydrogen-bond acceptors (Lipinski definition) is 4. The van der Waals surface area contributed by atoms with E-state index in [1.165, 1.54) is 17.8 Å². The zero-order chi connectivity index (χ0) is 12.8. The van der Waals surface area contributed by atoms with E-state index in [-0.39, 0.29) is 6.17 Å². The molecule has 5 heteroatoms. The highest BCUT2D eigenvalue weighted by atomic mass is 15.4. The first-order valence-corrected chi connectivity index (χ1v) is 6.58. The number of imidazole rings is 1. The van der Waals surface area contributed by atoms with E-state index >= 15 is 0 Å². The van der Waals surface area contributed by atoms with Crippen LogP contribution in [-0.4, -0.2) is 15.5 Å². The van der Waals surface area contributed by atoms with Crippen LogP contribution in [0.2, 0.25) is 0 Å². The molecule has 0 saturated heterocycles. The minimum atomic E-state index is -0.0909. The SMILES string of the molecule is NC1=N[C@@H](c2ccccc2)n2c(nc3c2CCC3)N1. The van der Waals surface area contributed by atoms with Gasteiger partial charge >= 0.3 is 0 Å². The molecule has 96 valence electrons. The van der Waals surface area contributed by atoms with Crippen molar-refractivity contribution in [2.45, 2.75) is 25.4 Å². The summed E-state index contributed by atoms with van der Waals surface area (Å²) >= 11 is 0. The van der Waals surface area contributed by atoms with Crippen LogP contribution in [0.15, 0.2) is 35.3 Å². The van der Waals surface area contributed by atoms with Crippen LogP contribution in [0.4, 0.5) is 5.95 Å². The second kappa shape index (κ2) is 3.85. The maximum absolute atomic E-state index is 5.88. The summed E-state index contributed by atoms with van der Waals surface area (Å²) in [6.07, 6.45) is 3.21. The number of anilines is 1. The fraction of sp³-hybridized carbons (Fsp3) is 0.286.